The number of ether oxygens (including phenoxy) is 2. The molecule has 0 bridgehead atoms. The van der Waals surface area contributed by atoms with E-state index in [9.17, 15) is 22.4 Å². The van der Waals surface area contributed by atoms with Crippen LogP contribution in [0.1, 0.15) is 10.5 Å². The Balaban J connectivity index is 1.58. The Morgan fingerprint density at radius 1 is 1.28 bits per heavy atom. The summed E-state index contributed by atoms with van der Waals surface area (Å²) in [6.07, 6.45) is 1.18. The van der Waals surface area contributed by atoms with Crippen LogP contribution in [0, 0.1) is 5.82 Å². The molecular formula is C17H17BrFN3O6S. The lowest BCUT2D eigenvalue weighted by Crippen LogP contribution is -2.40. The van der Waals surface area contributed by atoms with E-state index in [4.69, 9.17) is 9.47 Å². The quantitative estimate of drug-likeness (QED) is 0.596. The number of anilines is 1. The van der Waals surface area contributed by atoms with Crippen molar-refractivity contribution in [2.75, 3.05) is 38.2 Å². The molecule has 0 unspecified atom stereocenters. The van der Waals surface area contributed by atoms with Gasteiger partial charge in [-0.25, -0.2) is 17.6 Å². The van der Waals surface area contributed by atoms with E-state index in [1.807, 2.05) is 0 Å². The summed E-state index contributed by atoms with van der Waals surface area (Å²) in [5.41, 5.74) is -0.188. The third-order valence-electron chi connectivity index (χ3n) is 4.02. The van der Waals surface area contributed by atoms with Gasteiger partial charge in [-0.15, -0.1) is 0 Å². The summed E-state index contributed by atoms with van der Waals surface area (Å²) in [4.78, 5) is 26.4. The highest BCUT2D eigenvalue weighted by atomic mass is 79.9. The minimum absolute atomic E-state index is 0.0620. The van der Waals surface area contributed by atoms with Crippen molar-refractivity contribution in [3.63, 3.8) is 0 Å². The number of carbonyl (C=O) groups excluding carboxylic acids is 2. The number of hydrogen-bond acceptors (Lipinski definition) is 6. The highest BCUT2D eigenvalue weighted by Crippen LogP contribution is 2.20. The number of morpholine rings is 1. The van der Waals surface area contributed by atoms with E-state index in [-0.39, 0.29) is 29.4 Å². The Kier molecular flexibility index (Phi) is 6.67. The maximum absolute atomic E-state index is 13.7. The number of aromatic amines is 1. The molecule has 0 spiro atoms. The number of amides is 1. The Hall–Kier alpha value is -2.28. The van der Waals surface area contributed by atoms with E-state index in [2.05, 4.69) is 26.2 Å². The molecule has 29 heavy (non-hydrogen) atoms. The predicted molar refractivity (Wildman–Crippen MR) is 103 cm³/mol. The van der Waals surface area contributed by atoms with Crippen LogP contribution in [0.15, 0.2) is 39.8 Å². The average molecular weight is 490 g/mol. The fourth-order valence-corrected chi connectivity index (χ4v) is 4.30. The first-order valence-electron chi connectivity index (χ1n) is 8.46. The first-order chi connectivity index (χ1) is 13.8. The molecule has 2 aromatic rings. The van der Waals surface area contributed by atoms with Crippen LogP contribution in [-0.2, 0) is 24.3 Å². The van der Waals surface area contributed by atoms with Gasteiger partial charge in [0.05, 0.1) is 18.9 Å². The molecule has 3 rings (SSSR count). The van der Waals surface area contributed by atoms with Gasteiger partial charge in [0.2, 0.25) is 10.0 Å². The van der Waals surface area contributed by atoms with Crippen LogP contribution >= 0.6 is 15.9 Å². The van der Waals surface area contributed by atoms with E-state index in [1.165, 1.54) is 22.6 Å². The fourth-order valence-electron chi connectivity index (χ4n) is 2.56. The molecule has 1 saturated heterocycles. The van der Waals surface area contributed by atoms with Crippen molar-refractivity contribution < 1.29 is 31.9 Å². The number of halogens is 2. The van der Waals surface area contributed by atoms with Crippen LogP contribution in [0.25, 0.3) is 0 Å². The number of rotatable bonds is 6. The Morgan fingerprint density at radius 2 is 2.00 bits per heavy atom. The van der Waals surface area contributed by atoms with E-state index in [0.29, 0.717) is 17.7 Å². The number of sulfonamides is 1. The van der Waals surface area contributed by atoms with Gasteiger partial charge in [-0.3, -0.25) is 4.79 Å². The summed E-state index contributed by atoms with van der Waals surface area (Å²) in [6.45, 7) is 0.373. The standard InChI is InChI=1S/C17H17BrFN3O6S/c18-11-1-2-14(13(19)7-11)21-16(23)10-28-17(24)15-8-12(9-20-15)29(25,26)22-3-5-27-6-4-22/h1-2,7-9,20H,3-6,10H2,(H,21,23). The maximum atomic E-state index is 13.7. The van der Waals surface area contributed by atoms with Gasteiger partial charge in [-0.05, 0) is 24.3 Å². The van der Waals surface area contributed by atoms with Crippen molar-refractivity contribution >= 4 is 43.5 Å². The lowest BCUT2D eigenvalue weighted by atomic mass is 10.3. The third-order valence-corrected chi connectivity index (χ3v) is 6.39. The van der Waals surface area contributed by atoms with Crippen LogP contribution in [-0.4, -0.2) is 62.5 Å². The van der Waals surface area contributed by atoms with Crippen molar-refractivity contribution in [2.45, 2.75) is 4.90 Å². The molecule has 2 heterocycles. The molecule has 0 radical (unpaired) electrons. The van der Waals surface area contributed by atoms with Crippen LogP contribution < -0.4 is 5.32 Å². The smallest absolute Gasteiger partial charge is 0.355 e. The van der Waals surface area contributed by atoms with Crippen LogP contribution in [0.5, 0.6) is 0 Å². The number of aromatic nitrogens is 1. The molecule has 0 atom stereocenters. The molecule has 12 heteroatoms. The molecule has 1 aromatic heterocycles. The molecule has 9 nitrogen and oxygen atoms in total. The largest absolute Gasteiger partial charge is 0.451 e. The molecule has 156 valence electrons. The SMILES string of the molecule is O=C(COC(=O)c1cc(S(=O)(=O)N2CCOCC2)c[nH]1)Nc1ccc(Br)cc1F. The third kappa shape index (κ3) is 5.21. The number of benzene rings is 1. The predicted octanol–water partition coefficient (Wildman–Crippen LogP) is 1.73. The number of esters is 1. The number of H-pyrrole nitrogens is 1. The number of carbonyl (C=O) groups is 2. The van der Waals surface area contributed by atoms with Crippen molar-refractivity contribution in [2.24, 2.45) is 0 Å². The molecule has 1 aliphatic heterocycles. The highest BCUT2D eigenvalue weighted by molar-refractivity contribution is 9.10. The zero-order valence-corrected chi connectivity index (χ0v) is 17.4. The van der Waals surface area contributed by atoms with Gasteiger partial charge in [0.15, 0.2) is 6.61 Å². The zero-order valence-electron chi connectivity index (χ0n) is 15.0. The van der Waals surface area contributed by atoms with Gasteiger partial charge in [-0.2, -0.15) is 4.31 Å². The van der Waals surface area contributed by atoms with E-state index >= 15 is 0 Å². The zero-order chi connectivity index (χ0) is 21.0. The Labute approximate surface area is 174 Å². The molecule has 1 aliphatic rings. The Bertz CT molecular complexity index is 1020. The summed E-state index contributed by atoms with van der Waals surface area (Å²) < 4.78 is 50.6. The monoisotopic (exact) mass is 489 g/mol. The second-order valence-electron chi connectivity index (χ2n) is 6.01. The normalized spacial score (nSPS) is 15.1. The molecule has 1 amide bonds. The molecule has 0 saturated carbocycles. The van der Waals surface area contributed by atoms with Gasteiger partial charge in [0.25, 0.3) is 5.91 Å². The lowest BCUT2D eigenvalue weighted by Gasteiger charge is -2.25. The molecule has 1 fully saturated rings. The van der Waals surface area contributed by atoms with Gasteiger partial charge in [0, 0.05) is 23.8 Å². The fraction of sp³-hybridized carbons (Fsp3) is 0.294. The summed E-state index contributed by atoms with van der Waals surface area (Å²) in [5, 5.41) is 2.28. The topological polar surface area (TPSA) is 118 Å². The number of hydrogen-bond donors (Lipinski definition) is 2. The van der Waals surface area contributed by atoms with E-state index in [0.717, 1.165) is 6.07 Å². The second kappa shape index (κ2) is 9.03. The minimum atomic E-state index is -3.77. The van der Waals surface area contributed by atoms with Gasteiger partial charge < -0.3 is 19.8 Å². The van der Waals surface area contributed by atoms with E-state index < -0.39 is 34.3 Å². The number of nitrogens with zero attached hydrogens (tertiary/aromatic N) is 1. The number of nitrogens with one attached hydrogen (secondary N) is 2. The van der Waals surface area contributed by atoms with Crippen molar-refractivity contribution in [3.05, 3.63) is 46.4 Å². The second-order valence-corrected chi connectivity index (χ2v) is 8.87. The van der Waals surface area contributed by atoms with Crippen LogP contribution in [0.2, 0.25) is 0 Å². The molecule has 2 N–H and O–H groups in total. The lowest BCUT2D eigenvalue weighted by molar-refractivity contribution is -0.119. The van der Waals surface area contributed by atoms with E-state index in [1.54, 1.807) is 6.07 Å². The summed E-state index contributed by atoms with van der Waals surface area (Å²) in [5.74, 6) is -2.31. The first kappa shape index (κ1) is 21.4. The van der Waals surface area contributed by atoms with Gasteiger partial charge in [0.1, 0.15) is 16.4 Å². The van der Waals surface area contributed by atoms with Crippen molar-refractivity contribution in [1.82, 2.24) is 9.29 Å². The van der Waals surface area contributed by atoms with Crippen LogP contribution in [0.4, 0.5) is 10.1 Å². The molecule has 0 aliphatic carbocycles. The van der Waals surface area contributed by atoms with Gasteiger partial charge >= 0.3 is 5.97 Å². The summed E-state index contributed by atoms with van der Waals surface area (Å²) in [6, 6.07) is 5.21. The average Bonchev–Trinajstić information content (AvgIpc) is 3.20. The molecule has 1 aromatic carbocycles. The summed E-state index contributed by atoms with van der Waals surface area (Å²) in [7, 11) is -3.77. The van der Waals surface area contributed by atoms with Crippen LogP contribution in [0.3, 0.4) is 0 Å². The Morgan fingerprint density at radius 3 is 2.69 bits per heavy atom. The minimum Gasteiger partial charge on any atom is -0.451 e. The van der Waals surface area contributed by atoms with Crippen molar-refractivity contribution in [3.8, 4) is 0 Å². The summed E-state index contributed by atoms with van der Waals surface area (Å²) >= 11 is 3.10. The first-order valence-corrected chi connectivity index (χ1v) is 10.7. The van der Waals surface area contributed by atoms with Gasteiger partial charge in [-0.1, -0.05) is 15.9 Å². The highest BCUT2D eigenvalue weighted by Gasteiger charge is 2.28. The van der Waals surface area contributed by atoms with Crippen molar-refractivity contribution in [1.29, 1.82) is 0 Å². The maximum Gasteiger partial charge on any atom is 0.355 e. The molecular weight excluding hydrogens is 473 g/mol.